The molecule has 0 radical (unpaired) electrons. The highest BCUT2D eigenvalue weighted by atomic mass is 16.7. The van der Waals surface area contributed by atoms with E-state index >= 15 is 0 Å². The molecule has 2 aliphatic heterocycles. The minimum absolute atomic E-state index is 0.216. The van der Waals surface area contributed by atoms with E-state index in [0.717, 1.165) is 45.0 Å². The summed E-state index contributed by atoms with van der Waals surface area (Å²) < 4.78 is 12.2. The second kappa shape index (κ2) is 5.68. The highest BCUT2D eigenvalue weighted by Gasteiger charge is 2.44. The van der Waals surface area contributed by atoms with Crippen LogP contribution in [-0.4, -0.2) is 49.1 Å². The molecule has 3 rings (SSSR count). The molecular formula is C15H28N2O2. The lowest BCUT2D eigenvalue weighted by atomic mass is 9.92. The summed E-state index contributed by atoms with van der Waals surface area (Å²) >= 11 is 0. The second-order valence-corrected chi connectivity index (χ2v) is 6.68. The van der Waals surface area contributed by atoms with Crippen LogP contribution in [0.15, 0.2) is 0 Å². The van der Waals surface area contributed by atoms with E-state index in [1.54, 1.807) is 0 Å². The molecule has 1 saturated carbocycles. The Kier molecular flexibility index (Phi) is 4.13. The van der Waals surface area contributed by atoms with Crippen molar-refractivity contribution in [3.8, 4) is 0 Å². The van der Waals surface area contributed by atoms with Crippen LogP contribution in [-0.2, 0) is 9.47 Å². The Morgan fingerprint density at radius 2 is 2.11 bits per heavy atom. The van der Waals surface area contributed by atoms with Crippen LogP contribution in [0.3, 0.4) is 0 Å². The molecule has 0 amide bonds. The van der Waals surface area contributed by atoms with Gasteiger partial charge in [0, 0.05) is 32.0 Å². The minimum Gasteiger partial charge on any atom is -0.347 e. The van der Waals surface area contributed by atoms with Crippen molar-refractivity contribution < 1.29 is 9.47 Å². The van der Waals surface area contributed by atoms with Gasteiger partial charge in [0.15, 0.2) is 5.79 Å². The molecule has 2 heterocycles. The Labute approximate surface area is 116 Å². The predicted molar refractivity (Wildman–Crippen MR) is 74.8 cm³/mol. The van der Waals surface area contributed by atoms with Crippen molar-refractivity contribution in [1.29, 1.82) is 0 Å². The first-order valence-corrected chi connectivity index (χ1v) is 7.97. The van der Waals surface area contributed by atoms with Gasteiger partial charge in [-0.1, -0.05) is 6.92 Å². The number of ether oxygens (including phenoxy) is 2. The predicted octanol–water partition coefficient (Wildman–Crippen LogP) is 1.73. The van der Waals surface area contributed by atoms with Crippen LogP contribution < -0.4 is 5.73 Å². The summed E-state index contributed by atoms with van der Waals surface area (Å²) in [7, 11) is 0. The first-order chi connectivity index (χ1) is 9.21. The molecule has 2 saturated heterocycles. The number of likely N-dealkylation sites (tertiary alicyclic amines) is 1. The molecule has 110 valence electrons. The maximum atomic E-state index is 6.23. The molecule has 3 atom stereocenters. The molecule has 3 unspecified atom stereocenters. The molecule has 2 N–H and O–H groups in total. The number of hydrogen-bond acceptors (Lipinski definition) is 4. The Morgan fingerprint density at radius 1 is 1.32 bits per heavy atom. The zero-order valence-electron chi connectivity index (χ0n) is 12.1. The summed E-state index contributed by atoms with van der Waals surface area (Å²) in [6.45, 7) is 6.03. The van der Waals surface area contributed by atoms with Gasteiger partial charge in [-0.3, -0.25) is 4.90 Å². The van der Waals surface area contributed by atoms with Crippen molar-refractivity contribution in [2.75, 3.05) is 26.2 Å². The molecule has 3 fully saturated rings. The summed E-state index contributed by atoms with van der Waals surface area (Å²) in [6, 6.07) is 0.535. The summed E-state index contributed by atoms with van der Waals surface area (Å²) in [5, 5.41) is 0. The summed E-state index contributed by atoms with van der Waals surface area (Å²) in [5.74, 6) is 0.595. The molecule has 4 nitrogen and oxygen atoms in total. The van der Waals surface area contributed by atoms with E-state index in [1.807, 2.05) is 0 Å². The molecule has 4 heteroatoms. The third-order valence-electron chi connectivity index (χ3n) is 5.09. The molecule has 1 aliphatic carbocycles. The van der Waals surface area contributed by atoms with Gasteiger partial charge in [0.25, 0.3) is 0 Å². The van der Waals surface area contributed by atoms with E-state index in [-0.39, 0.29) is 11.9 Å². The van der Waals surface area contributed by atoms with Crippen molar-refractivity contribution in [2.24, 2.45) is 11.7 Å². The molecule has 3 aliphatic rings. The van der Waals surface area contributed by atoms with E-state index in [1.165, 1.54) is 25.7 Å². The summed E-state index contributed by atoms with van der Waals surface area (Å²) in [5.41, 5.74) is 5.93. The van der Waals surface area contributed by atoms with E-state index < -0.39 is 0 Å². The van der Waals surface area contributed by atoms with Gasteiger partial charge >= 0.3 is 0 Å². The highest BCUT2D eigenvalue weighted by Crippen LogP contribution is 2.39. The quantitative estimate of drug-likeness (QED) is 0.847. The Morgan fingerprint density at radius 3 is 2.84 bits per heavy atom. The van der Waals surface area contributed by atoms with Gasteiger partial charge in [-0.2, -0.15) is 0 Å². The zero-order chi connectivity index (χ0) is 13.3. The molecule has 0 bridgehead atoms. The van der Waals surface area contributed by atoms with E-state index in [2.05, 4.69) is 11.8 Å². The lowest BCUT2D eigenvalue weighted by Gasteiger charge is -2.39. The summed E-state index contributed by atoms with van der Waals surface area (Å²) in [4.78, 5) is 2.53. The smallest absolute Gasteiger partial charge is 0.168 e. The van der Waals surface area contributed by atoms with Gasteiger partial charge in [0.05, 0.1) is 12.7 Å². The molecule has 1 spiro atoms. The minimum atomic E-state index is -0.216. The molecule has 0 aromatic heterocycles. The van der Waals surface area contributed by atoms with Gasteiger partial charge in [-0.15, -0.1) is 0 Å². The SMILES string of the molecule is CC1CCN(CC2COC3(CCCC3)O2)C(CN)C1. The third-order valence-corrected chi connectivity index (χ3v) is 5.09. The van der Waals surface area contributed by atoms with Crippen molar-refractivity contribution in [3.63, 3.8) is 0 Å². The van der Waals surface area contributed by atoms with Crippen molar-refractivity contribution in [2.45, 2.75) is 63.4 Å². The van der Waals surface area contributed by atoms with E-state index in [4.69, 9.17) is 15.2 Å². The molecule has 0 aromatic rings. The number of piperidine rings is 1. The van der Waals surface area contributed by atoms with Gasteiger partial charge in [0.2, 0.25) is 0 Å². The largest absolute Gasteiger partial charge is 0.347 e. The number of hydrogen-bond donors (Lipinski definition) is 1. The Balaban J connectivity index is 1.53. The number of rotatable bonds is 3. The van der Waals surface area contributed by atoms with E-state index in [0.29, 0.717) is 6.04 Å². The van der Waals surface area contributed by atoms with Gasteiger partial charge in [-0.05, 0) is 38.1 Å². The average molecular weight is 268 g/mol. The fourth-order valence-electron chi connectivity index (χ4n) is 3.93. The third kappa shape index (κ3) is 2.97. The highest BCUT2D eigenvalue weighted by molar-refractivity contribution is 4.88. The van der Waals surface area contributed by atoms with Crippen molar-refractivity contribution >= 4 is 0 Å². The fraction of sp³-hybridized carbons (Fsp3) is 1.00. The van der Waals surface area contributed by atoms with Crippen LogP contribution >= 0.6 is 0 Å². The van der Waals surface area contributed by atoms with E-state index in [9.17, 15) is 0 Å². The molecule has 0 aromatic carbocycles. The van der Waals surface area contributed by atoms with Crippen LogP contribution in [0.1, 0.15) is 45.4 Å². The van der Waals surface area contributed by atoms with Crippen molar-refractivity contribution in [1.82, 2.24) is 4.90 Å². The maximum absolute atomic E-state index is 6.23. The topological polar surface area (TPSA) is 47.7 Å². The Bertz CT molecular complexity index is 305. The summed E-state index contributed by atoms with van der Waals surface area (Å²) in [6.07, 6.45) is 7.44. The van der Waals surface area contributed by atoms with Gasteiger partial charge < -0.3 is 15.2 Å². The molecular weight excluding hydrogens is 240 g/mol. The van der Waals surface area contributed by atoms with Crippen molar-refractivity contribution in [3.05, 3.63) is 0 Å². The van der Waals surface area contributed by atoms with Crippen LogP contribution in [0.2, 0.25) is 0 Å². The number of nitrogens with two attached hydrogens (primary N) is 1. The van der Waals surface area contributed by atoms with Gasteiger partial charge in [0.1, 0.15) is 0 Å². The Hall–Kier alpha value is -0.160. The normalized spacial score (nSPS) is 39.2. The number of nitrogens with zero attached hydrogens (tertiary/aromatic N) is 1. The monoisotopic (exact) mass is 268 g/mol. The first-order valence-electron chi connectivity index (χ1n) is 7.97. The lowest BCUT2D eigenvalue weighted by molar-refractivity contribution is -0.164. The van der Waals surface area contributed by atoms with Crippen LogP contribution in [0.25, 0.3) is 0 Å². The van der Waals surface area contributed by atoms with Crippen LogP contribution in [0, 0.1) is 5.92 Å². The first kappa shape index (κ1) is 13.8. The maximum Gasteiger partial charge on any atom is 0.168 e. The average Bonchev–Trinajstić information content (AvgIpc) is 3.03. The fourth-order valence-corrected chi connectivity index (χ4v) is 3.93. The van der Waals surface area contributed by atoms with Crippen LogP contribution in [0.4, 0.5) is 0 Å². The zero-order valence-corrected chi connectivity index (χ0v) is 12.1. The standard InChI is InChI=1S/C15H28N2O2/c1-12-4-7-17(13(8-12)9-16)10-14-11-18-15(19-14)5-2-3-6-15/h12-14H,2-11,16H2,1H3. The second-order valence-electron chi connectivity index (χ2n) is 6.68. The molecule has 19 heavy (non-hydrogen) atoms. The van der Waals surface area contributed by atoms with Gasteiger partial charge in [-0.25, -0.2) is 0 Å². The lowest BCUT2D eigenvalue weighted by Crippen LogP contribution is -2.49. The van der Waals surface area contributed by atoms with Crippen LogP contribution in [0.5, 0.6) is 0 Å².